The van der Waals surface area contributed by atoms with Gasteiger partial charge in [0, 0.05) is 12.0 Å². The van der Waals surface area contributed by atoms with Crippen molar-refractivity contribution in [2.75, 3.05) is 12.9 Å². The van der Waals surface area contributed by atoms with Gasteiger partial charge in [-0.3, -0.25) is 9.08 Å². The number of hydrogen-bond donors (Lipinski definition) is 0. The second-order valence-electron chi connectivity index (χ2n) is 6.97. The zero-order valence-electron chi connectivity index (χ0n) is 15.9. The van der Waals surface area contributed by atoms with Crippen molar-refractivity contribution in [1.29, 1.82) is 0 Å². The molecule has 0 bridgehead atoms. The molecule has 0 radical (unpaired) electrons. The van der Waals surface area contributed by atoms with Crippen LogP contribution in [0.3, 0.4) is 0 Å². The van der Waals surface area contributed by atoms with Crippen molar-refractivity contribution in [3.63, 3.8) is 0 Å². The zero-order valence-corrected chi connectivity index (χ0v) is 16.7. The van der Waals surface area contributed by atoms with Crippen molar-refractivity contribution in [2.24, 2.45) is 0 Å². The number of amides is 1. The molecule has 3 atom stereocenters. The van der Waals surface area contributed by atoms with Gasteiger partial charge in [0.2, 0.25) is 0 Å². The summed E-state index contributed by atoms with van der Waals surface area (Å²) in [6.07, 6.45) is 0.672. The van der Waals surface area contributed by atoms with Crippen LogP contribution in [0.1, 0.15) is 34.1 Å². The van der Waals surface area contributed by atoms with Crippen molar-refractivity contribution in [2.45, 2.75) is 57.9 Å². The summed E-state index contributed by atoms with van der Waals surface area (Å²) in [4.78, 5) is 25.4. The molecule has 8 nitrogen and oxygen atoms in total. The van der Waals surface area contributed by atoms with Crippen LogP contribution in [-0.2, 0) is 28.6 Å². The number of rotatable bonds is 8. The Kier molecular flexibility index (Phi) is 7.01. The highest BCUT2D eigenvalue weighted by molar-refractivity contribution is 7.86. The van der Waals surface area contributed by atoms with Gasteiger partial charge in [-0.1, -0.05) is 12.7 Å². The number of ether oxygens (including phenoxy) is 2. The van der Waals surface area contributed by atoms with Gasteiger partial charge in [-0.15, -0.1) is 6.58 Å². The van der Waals surface area contributed by atoms with E-state index in [2.05, 4.69) is 13.2 Å². The maximum atomic E-state index is 12.3. The van der Waals surface area contributed by atoms with Crippen molar-refractivity contribution in [3.8, 4) is 0 Å². The lowest BCUT2D eigenvalue weighted by atomic mass is 10.1. The highest BCUT2D eigenvalue weighted by atomic mass is 32.2. The lowest BCUT2D eigenvalue weighted by molar-refractivity contribution is -0.138. The third-order valence-electron chi connectivity index (χ3n) is 3.44. The Morgan fingerprint density at radius 3 is 2.31 bits per heavy atom. The summed E-state index contributed by atoms with van der Waals surface area (Å²) >= 11 is 0. The Labute approximate surface area is 154 Å². The van der Waals surface area contributed by atoms with E-state index in [0.29, 0.717) is 0 Å². The van der Waals surface area contributed by atoms with Crippen molar-refractivity contribution < 1.29 is 31.7 Å². The van der Waals surface area contributed by atoms with E-state index in [1.54, 1.807) is 27.7 Å². The highest BCUT2D eigenvalue weighted by Gasteiger charge is 2.56. The van der Waals surface area contributed by atoms with Crippen LogP contribution in [0.5, 0.6) is 0 Å². The molecule has 1 aliphatic heterocycles. The SMILES string of the molecule is C=C[C@H]1[C@@H]([C@H](CC(=C)C(=O)OCC)OS(C)(=O)=O)N1C(=O)OC(C)(C)C. The van der Waals surface area contributed by atoms with E-state index in [1.807, 2.05) is 0 Å². The molecule has 9 heteroatoms. The Bertz CT molecular complexity index is 678. The molecule has 1 saturated heterocycles. The molecule has 0 aromatic carbocycles. The van der Waals surface area contributed by atoms with Crippen LogP contribution in [0.15, 0.2) is 24.8 Å². The third kappa shape index (κ3) is 6.45. The quantitative estimate of drug-likeness (QED) is 0.206. The maximum Gasteiger partial charge on any atom is 0.411 e. The summed E-state index contributed by atoms with van der Waals surface area (Å²) < 4.78 is 38.5. The van der Waals surface area contributed by atoms with Gasteiger partial charge in [-0.25, -0.2) is 9.59 Å². The van der Waals surface area contributed by atoms with Gasteiger partial charge < -0.3 is 9.47 Å². The number of nitrogens with zero attached hydrogens (tertiary/aromatic N) is 1. The fourth-order valence-electron chi connectivity index (χ4n) is 2.47. The van der Waals surface area contributed by atoms with E-state index >= 15 is 0 Å². The van der Waals surface area contributed by atoms with Gasteiger partial charge in [-0.05, 0) is 27.7 Å². The average Bonchev–Trinajstić information content (AvgIpc) is 3.18. The molecular formula is C17H27NO7S. The van der Waals surface area contributed by atoms with Gasteiger partial charge in [0.1, 0.15) is 11.7 Å². The first-order valence-corrected chi connectivity index (χ1v) is 9.99. The predicted molar refractivity (Wildman–Crippen MR) is 96.0 cm³/mol. The molecule has 0 unspecified atom stereocenters. The Balaban J connectivity index is 2.99. The van der Waals surface area contributed by atoms with Gasteiger partial charge in [0.25, 0.3) is 10.1 Å². The van der Waals surface area contributed by atoms with Gasteiger partial charge in [0.05, 0.1) is 24.9 Å². The molecule has 1 amide bonds. The standard InChI is InChI=1S/C17H27NO7S/c1-8-12-14(18(12)16(20)24-17(4,5)6)13(25-26(7,21)22)10-11(3)15(19)23-9-2/h8,12-14H,1,3,9-10H2,2,4-7H3/t12-,13-,14-,18?/m0/s1. The van der Waals surface area contributed by atoms with E-state index in [0.717, 1.165) is 6.26 Å². The fraction of sp³-hybridized carbons (Fsp3) is 0.647. The fourth-order valence-corrected chi connectivity index (χ4v) is 3.11. The van der Waals surface area contributed by atoms with Crippen LogP contribution in [-0.4, -0.2) is 62.0 Å². The minimum absolute atomic E-state index is 0.0550. The Hall–Kier alpha value is -1.87. The molecule has 26 heavy (non-hydrogen) atoms. The molecule has 1 aliphatic rings. The summed E-state index contributed by atoms with van der Waals surface area (Å²) in [5, 5.41) is 0. The number of esters is 1. The minimum atomic E-state index is -3.83. The molecule has 0 spiro atoms. The molecular weight excluding hydrogens is 362 g/mol. The van der Waals surface area contributed by atoms with Crippen molar-refractivity contribution in [3.05, 3.63) is 24.8 Å². The molecule has 1 fully saturated rings. The monoisotopic (exact) mass is 389 g/mol. The smallest absolute Gasteiger partial charge is 0.411 e. The molecule has 0 aliphatic carbocycles. The molecule has 0 aromatic heterocycles. The molecule has 0 aromatic rings. The van der Waals surface area contributed by atoms with Crippen LogP contribution in [0.25, 0.3) is 0 Å². The second kappa shape index (κ2) is 8.22. The first kappa shape index (κ1) is 22.2. The van der Waals surface area contributed by atoms with Crippen molar-refractivity contribution >= 4 is 22.2 Å². The van der Waals surface area contributed by atoms with E-state index in [9.17, 15) is 18.0 Å². The Morgan fingerprint density at radius 1 is 1.31 bits per heavy atom. The summed E-state index contributed by atoms with van der Waals surface area (Å²) in [5.41, 5.74) is -0.656. The minimum Gasteiger partial charge on any atom is -0.463 e. The topological polar surface area (TPSA) is 99.0 Å². The summed E-state index contributed by atoms with van der Waals surface area (Å²) in [7, 11) is -3.83. The average molecular weight is 389 g/mol. The molecule has 0 saturated carbocycles. The largest absolute Gasteiger partial charge is 0.463 e. The first-order chi connectivity index (χ1) is 11.8. The maximum absolute atomic E-state index is 12.3. The first-order valence-electron chi connectivity index (χ1n) is 8.17. The molecule has 1 heterocycles. The summed E-state index contributed by atoms with van der Waals surface area (Å²) in [5.74, 6) is -0.644. The van der Waals surface area contributed by atoms with E-state index < -0.39 is 46.0 Å². The summed E-state index contributed by atoms with van der Waals surface area (Å²) in [6, 6.07) is -1.10. The van der Waals surface area contributed by atoms with Crippen LogP contribution in [0, 0.1) is 0 Å². The third-order valence-corrected chi connectivity index (χ3v) is 4.04. The van der Waals surface area contributed by atoms with E-state index in [-0.39, 0.29) is 18.6 Å². The molecule has 0 N–H and O–H groups in total. The number of carbonyl (C=O) groups is 2. The number of carbonyl (C=O) groups excluding carboxylic acids is 2. The normalized spacial score (nSPS) is 20.9. The Morgan fingerprint density at radius 2 is 1.88 bits per heavy atom. The lowest BCUT2D eigenvalue weighted by Gasteiger charge is -2.21. The second-order valence-corrected chi connectivity index (χ2v) is 8.57. The van der Waals surface area contributed by atoms with Crippen LogP contribution in [0.2, 0.25) is 0 Å². The van der Waals surface area contributed by atoms with Gasteiger partial charge in [-0.2, -0.15) is 8.42 Å². The molecule has 1 rings (SSSR count). The molecule has 148 valence electrons. The van der Waals surface area contributed by atoms with Crippen LogP contribution in [0.4, 0.5) is 4.79 Å². The lowest BCUT2D eigenvalue weighted by Crippen LogP contribution is -2.32. The van der Waals surface area contributed by atoms with Gasteiger partial charge >= 0.3 is 12.1 Å². The van der Waals surface area contributed by atoms with E-state index in [4.69, 9.17) is 13.7 Å². The summed E-state index contributed by atoms with van der Waals surface area (Å²) in [6.45, 7) is 14.3. The van der Waals surface area contributed by atoms with Gasteiger partial charge in [0.15, 0.2) is 0 Å². The highest BCUT2D eigenvalue weighted by Crippen LogP contribution is 2.37. The van der Waals surface area contributed by atoms with E-state index in [1.165, 1.54) is 11.0 Å². The van der Waals surface area contributed by atoms with Crippen molar-refractivity contribution in [1.82, 2.24) is 4.90 Å². The predicted octanol–water partition coefficient (Wildman–Crippen LogP) is 2.01. The van der Waals surface area contributed by atoms with Crippen LogP contribution >= 0.6 is 0 Å². The van der Waals surface area contributed by atoms with Crippen LogP contribution < -0.4 is 0 Å². The number of hydrogen-bond acceptors (Lipinski definition) is 7. The zero-order chi connectivity index (χ0) is 20.3.